The number of benzene rings is 2. The highest BCUT2D eigenvalue weighted by Crippen LogP contribution is 2.21. The Labute approximate surface area is 161 Å². The van der Waals surface area contributed by atoms with Gasteiger partial charge >= 0.3 is 6.09 Å². The Bertz CT molecular complexity index is 780. The minimum atomic E-state index is -0.728. The average Bonchev–Trinajstić information content (AvgIpc) is 2.64. The molecule has 0 aromatic heterocycles. The van der Waals surface area contributed by atoms with Gasteiger partial charge in [-0.25, -0.2) is 10.2 Å². The van der Waals surface area contributed by atoms with Crippen LogP contribution in [-0.4, -0.2) is 18.6 Å². The van der Waals surface area contributed by atoms with Gasteiger partial charge in [0.25, 0.3) is 5.91 Å². The van der Waals surface area contributed by atoms with Crippen LogP contribution in [0.25, 0.3) is 6.08 Å². The molecule has 0 unspecified atom stereocenters. The van der Waals surface area contributed by atoms with E-state index in [2.05, 4.69) is 10.9 Å². The number of amides is 2. The number of halogens is 2. The minimum Gasteiger partial charge on any atom is -0.448 e. The molecule has 2 aromatic carbocycles. The van der Waals surface area contributed by atoms with Gasteiger partial charge in [-0.1, -0.05) is 59.6 Å². The third-order valence-corrected chi connectivity index (χ3v) is 3.94. The van der Waals surface area contributed by atoms with E-state index < -0.39 is 12.0 Å². The van der Waals surface area contributed by atoms with E-state index in [1.807, 2.05) is 36.4 Å². The van der Waals surface area contributed by atoms with Crippen LogP contribution in [-0.2, 0) is 16.0 Å². The molecule has 0 aliphatic heterocycles. The van der Waals surface area contributed by atoms with Crippen LogP contribution in [0.2, 0.25) is 10.0 Å². The molecule has 2 amide bonds. The fourth-order valence-electron chi connectivity index (χ4n) is 2.08. The van der Waals surface area contributed by atoms with Crippen molar-refractivity contribution in [3.8, 4) is 0 Å². The summed E-state index contributed by atoms with van der Waals surface area (Å²) >= 11 is 11.9. The summed E-state index contributed by atoms with van der Waals surface area (Å²) in [4.78, 5) is 23.1. The van der Waals surface area contributed by atoms with E-state index in [0.717, 1.165) is 11.1 Å². The summed E-state index contributed by atoms with van der Waals surface area (Å²) in [7, 11) is 0. The molecule has 0 atom stereocenters. The lowest BCUT2D eigenvalue weighted by molar-refractivity contribution is -0.117. The zero-order chi connectivity index (χ0) is 18.8. The zero-order valence-electron chi connectivity index (χ0n) is 13.9. The topological polar surface area (TPSA) is 67.4 Å². The summed E-state index contributed by atoms with van der Waals surface area (Å²) in [6.45, 7) is 0.195. The first-order valence-electron chi connectivity index (χ1n) is 7.94. The SMILES string of the molecule is O=C(C=Cc1ccccc1)NNC(=O)OCCCc1ccc(Cl)cc1Cl. The van der Waals surface area contributed by atoms with Gasteiger partial charge in [-0.15, -0.1) is 0 Å². The maximum atomic E-state index is 11.6. The van der Waals surface area contributed by atoms with Crippen LogP contribution in [0.4, 0.5) is 4.79 Å². The molecule has 0 fully saturated rings. The summed E-state index contributed by atoms with van der Waals surface area (Å²) in [5.74, 6) is -0.459. The maximum Gasteiger partial charge on any atom is 0.426 e. The second-order valence-electron chi connectivity index (χ2n) is 5.33. The van der Waals surface area contributed by atoms with Gasteiger partial charge < -0.3 is 4.74 Å². The average molecular weight is 393 g/mol. The van der Waals surface area contributed by atoms with Gasteiger partial charge in [-0.05, 0) is 42.2 Å². The van der Waals surface area contributed by atoms with E-state index in [-0.39, 0.29) is 6.61 Å². The molecule has 0 aliphatic rings. The Morgan fingerprint density at radius 2 is 1.81 bits per heavy atom. The Morgan fingerprint density at radius 1 is 1.04 bits per heavy atom. The highest BCUT2D eigenvalue weighted by atomic mass is 35.5. The van der Waals surface area contributed by atoms with Crippen LogP contribution < -0.4 is 10.9 Å². The van der Waals surface area contributed by atoms with Gasteiger partial charge in [0.15, 0.2) is 0 Å². The van der Waals surface area contributed by atoms with Gasteiger partial charge in [0.05, 0.1) is 6.61 Å². The van der Waals surface area contributed by atoms with E-state index in [4.69, 9.17) is 27.9 Å². The molecule has 0 aliphatic carbocycles. The van der Waals surface area contributed by atoms with E-state index in [1.165, 1.54) is 6.08 Å². The fourth-order valence-corrected chi connectivity index (χ4v) is 2.58. The first-order valence-corrected chi connectivity index (χ1v) is 8.70. The van der Waals surface area contributed by atoms with Crippen molar-refractivity contribution in [2.24, 2.45) is 0 Å². The van der Waals surface area contributed by atoms with Crippen molar-refractivity contribution in [3.05, 3.63) is 75.8 Å². The molecule has 2 aromatic rings. The van der Waals surface area contributed by atoms with Crippen molar-refractivity contribution in [1.29, 1.82) is 0 Å². The number of hydrogen-bond acceptors (Lipinski definition) is 3. The van der Waals surface area contributed by atoms with Crippen molar-refractivity contribution in [3.63, 3.8) is 0 Å². The number of carbonyl (C=O) groups excluding carboxylic acids is 2. The lowest BCUT2D eigenvalue weighted by atomic mass is 10.1. The first kappa shape index (κ1) is 19.8. The van der Waals surface area contributed by atoms with Crippen LogP contribution in [0.15, 0.2) is 54.6 Å². The maximum absolute atomic E-state index is 11.6. The fraction of sp³-hybridized carbons (Fsp3) is 0.158. The number of hydrogen-bond donors (Lipinski definition) is 2. The molecule has 7 heteroatoms. The van der Waals surface area contributed by atoms with Crippen molar-refractivity contribution in [1.82, 2.24) is 10.9 Å². The highest BCUT2D eigenvalue weighted by molar-refractivity contribution is 6.35. The number of carbonyl (C=O) groups is 2. The second-order valence-corrected chi connectivity index (χ2v) is 6.18. The van der Waals surface area contributed by atoms with Crippen LogP contribution in [0.1, 0.15) is 17.5 Å². The van der Waals surface area contributed by atoms with Crippen molar-refractivity contribution in [2.75, 3.05) is 6.61 Å². The Morgan fingerprint density at radius 3 is 2.54 bits per heavy atom. The minimum absolute atomic E-state index is 0.195. The monoisotopic (exact) mass is 392 g/mol. The zero-order valence-corrected chi connectivity index (χ0v) is 15.4. The molecule has 0 spiro atoms. The molecule has 2 rings (SSSR count). The molecule has 0 saturated heterocycles. The summed E-state index contributed by atoms with van der Waals surface area (Å²) < 4.78 is 4.98. The molecule has 0 heterocycles. The van der Waals surface area contributed by atoms with E-state index >= 15 is 0 Å². The molecule has 5 nitrogen and oxygen atoms in total. The van der Waals surface area contributed by atoms with Gasteiger partial charge in [0.1, 0.15) is 0 Å². The first-order chi connectivity index (χ1) is 12.5. The number of hydrazine groups is 1. The second kappa shape index (κ2) is 10.5. The Kier molecular flexibility index (Phi) is 7.99. The summed E-state index contributed by atoms with van der Waals surface area (Å²) in [6.07, 6.45) is 3.47. The predicted octanol–water partition coefficient (Wildman–Crippen LogP) is 4.40. The largest absolute Gasteiger partial charge is 0.448 e. The third-order valence-electron chi connectivity index (χ3n) is 3.35. The number of aryl methyl sites for hydroxylation is 1. The van der Waals surface area contributed by atoms with Gasteiger partial charge in [0, 0.05) is 16.1 Å². The van der Waals surface area contributed by atoms with Crippen LogP contribution >= 0.6 is 23.2 Å². The smallest absolute Gasteiger partial charge is 0.426 e. The standard InChI is InChI=1S/C19H18Cl2N2O3/c20-16-10-9-15(17(21)13-16)7-4-12-26-19(25)23-22-18(24)11-8-14-5-2-1-3-6-14/h1-3,5-6,8-11,13H,4,7,12H2,(H,22,24)(H,23,25). The molecule has 0 bridgehead atoms. The van der Waals surface area contributed by atoms with Crippen molar-refractivity contribution < 1.29 is 14.3 Å². The number of rotatable bonds is 6. The Balaban J connectivity index is 1.62. The number of nitrogens with one attached hydrogen (secondary N) is 2. The molecular formula is C19H18Cl2N2O3. The van der Waals surface area contributed by atoms with Crippen molar-refractivity contribution in [2.45, 2.75) is 12.8 Å². The molecule has 0 radical (unpaired) electrons. The molecule has 26 heavy (non-hydrogen) atoms. The molecule has 136 valence electrons. The summed E-state index contributed by atoms with van der Waals surface area (Å²) in [5.41, 5.74) is 6.23. The van der Waals surface area contributed by atoms with Gasteiger partial charge in [-0.2, -0.15) is 0 Å². The summed E-state index contributed by atoms with van der Waals surface area (Å²) in [5, 5.41) is 1.16. The number of ether oxygens (including phenoxy) is 1. The van der Waals surface area contributed by atoms with Crippen LogP contribution in [0, 0.1) is 0 Å². The van der Waals surface area contributed by atoms with E-state index in [1.54, 1.807) is 18.2 Å². The molecule has 0 saturated carbocycles. The normalized spacial score (nSPS) is 10.5. The van der Waals surface area contributed by atoms with Crippen LogP contribution in [0.5, 0.6) is 0 Å². The quantitative estimate of drug-likeness (QED) is 0.434. The lowest BCUT2D eigenvalue weighted by Crippen LogP contribution is -2.41. The lowest BCUT2D eigenvalue weighted by Gasteiger charge is -2.08. The van der Waals surface area contributed by atoms with E-state index in [0.29, 0.717) is 22.9 Å². The van der Waals surface area contributed by atoms with E-state index in [9.17, 15) is 9.59 Å². The van der Waals surface area contributed by atoms with Gasteiger partial charge in [0.2, 0.25) is 0 Å². The van der Waals surface area contributed by atoms with Gasteiger partial charge in [-0.3, -0.25) is 10.2 Å². The third kappa shape index (κ3) is 7.17. The molecular weight excluding hydrogens is 375 g/mol. The highest BCUT2D eigenvalue weighted by Gasteiger charge is 2.05. The Hall–Kier alpha value is -2.50. The van der Waals surface area contributed by atoms with Crippen LogP contribution in [0.3, 0.4) is 0 Å². The summed E-state index contributed by atoms with van der Waals surface area (Å²) in [6, 6.07) is 14.6. The predicted molar refractivity (Wildman–Crippen MR) is 103 cm³/mol. The molecule has 2 N–H and O–H groups in total. The van der Waals surface area contributed by atoms with Crippen molar-refractivity contribution >= 4 is 41.3 Å².